The highest BCUT2D eigenvalue weighted by atomic mass is 32.2. The Bertz CT molecular complexity index is 837. The Balaban J connectivity index is 1.90. The lowest BCUT2D eigenvalue weighted by molar-refractivity contribution is 0.0360. The second-order valence-corrected chi connectivity index (χ2v) is 9.97. The van der Waals surface area contributed by atoms with Crippen LogP contribution >= 0.6 is 0 Å². The van der Waals surface area contributed by atoms with Crippen LogP contribution in [0.15, 0.2) is 41.3 Å². The van der Waals surface area contributed by atoms with E-state index >= 15 is 8.78 Å². The second-order valence-electron chi connectivity index (χ2n) is 7.90. The topological polar surface area (TPSA) is 34.1 Å². The van der Waals surface area contributed by atoms with E-state index in [1.165, 1.54) is 0 Å². The fraction of sp³-hybridized carbons (Fsp3) is 0.600. The van der Waals surface area contributed by atoms with Crippen molar-refractivity contribution in [3.63, 3.8) is 0 Å². The molecule has 1 spiro atoms. The van der Waals surface area contributed by atoms with Gasteiger partial charge in [-0.15, -0.1) is 0 Å². The Morgan fingerprint density at radius 1 is 1.08 bits per heavy atom. The number of hydrogen-bond donors (Lipinski definition) is 0. The molecule has 2 bridgehead atoms. The molecule has 0 aromatic heterocycles. The van der Waals surface area contributed by atoms with Gasteiger partial charge >= 0.3 is 0 Å². The van der Waals surface area contributed by atoms with Crippen molar-refractivity contribution in [3.8, 4) is 0 Å². The molecule has 0 heterocycles. The molecule has 1 aromatic rings. The van der Waals surface area contributed by atoms with Crippen LogP contribution in [0.3, 0.4) is 0 Å². The molecule has 3 aliphatic carbocycles. The van der Waals surface area contributed by atoms with Crippen molar-refractivity contribution >= 4 is 9.84 Å². The summed E-state index contributed by atoms with van der Waals surface area (Å²) < 4.78 is 57.5. The minimum atomic E-state index is -3.82. The summed E-state index contributed by atoms with van der Waals surface area (Å²) in [6.07, 6.45) is 4.87. The molecule has 5 heteroatoms. The maximum Gasteiger partial charge on any atom is 0.262 e. The Morgan fingerprint density at radius 3 is 2.20 bits per heavy atom. The van der Waals surface area contributed by atoms with Crippen LogP contribution < -0.4 is 0 Å². The van der Waals surface area contributed by atoms with E-state index in [0.29, 0.717) is 19.3 Å². The number of sulfone groups is 1. The van der Waals surface area contributed by atoms with Crippen LogP contribution in [-0.2, 0) is 9.84 Å². The van der Waals surface area contributed by atoms with Crippen molar-refractivity contribution in [2.24, 2.45) is 22.7 Å². The van der Waals surface area contributed by atoms with E-state index in [1.54, 1.807) is 38.1 Å². The number of halogens is 2. The number of allylic oxidation sites excluding steroid dienone is 2. The lowest BCUT2D eigenvalue weighted by Gasteiger charge is -2.31. The third-order valence-electron chi connectivity index (χ3n) is 7.28. The molecule has 3 aliphatic rings. The monoisotopic (exact) mass is 366 g/mol. The van der Waals surface area contributed by atoms with E-state index < -0.39 is 31.8 Å². The fourth-order valence-electron chi connectivity index (χ4n) is 6.16. The predicted molar refractivity (Wildman–Crippen MR) is 93.3 cm³/mol. The minimum Gasteiger partial charge on any atom is -0.223 e. The van der Waals surface area contributed by atoms with Crippen LogP contribution in [0.25, 0.3) is 0 Å². The number of aryl methyl sites for hydroxylation is 1. The standard InChI is InChI=1S/C20H24F2O2S/c1-4-18(5-2)19(20(18,21)22)15-9-8-14(12-15)17(19)25(23,24)16-10-6-13(3)7-11-16/h6-11,14-15,17H,4-5,12H2,1-3H3/t14-,15+,17-,19-/m1/s1. The van der Waals surface area contributed by atoms with E-state index in [4.69, 9.17) is 0 Å². The summed E-state index contributed by atoms with van der Waals surface area (Å²) in [6.45, 7) is 5.43. The van der Waals surface area contributed by atoms with E-state index in [2.05, 4.69) is 0 Å². The van der Waals surface area contributed by atoms with Crippen molar-refractivity contribution in [2.75, 3.05) is 0 Å². The summed E-state index contributed by atoms with van der Waals surface area (Å²) in [4.78, 5) is 0.173. The molecule has 136 valence electrons. The van der Waals surface area contributed by atoms with Crippen LogP contribution in [0.5, 0.6) is 0 Å². The minimum absolute atomic E-state index is 0.173. The normalized spacial score (nSPS) is 36.9. The summed E-state index contributed by atoms with van der Waals surface area (Å²) in [7, 11) is -3.82. The summed E-state index contributed by atoms with van der Waals surface area (Å²) in [5.41, 5.74) is -1.69. The Morgan fingerprint density at radius 2 is 1.68 bits per heavy atom. The van der Waals surface area contributed by atoms with Crippen molar-refractivity contribution in [1.82, 2.24) is 0 Å². The molecular weight excluding hydrogens is 342 g/mol. The Hall–Kier alpha value is -1.23. The van der Waals surface area contributed by atoms with Gasteiger partial charge in [0.15, 0.2) is 9.84 Å². The molecule has 0 saturated heterocycles. The number of rotatable bonds is 4. The zero-order chi connectivity index (χ0) is 18.3. The molecule has 0 aliphatic heterocycles. The van der Waals surface area contributed by atoms with Gasteiger partial charge < -0.3 is 0 Å². The molecule has 1 aromatic carbocycles. The number of hydrogen-bond acceptors (Lipinski definition) is 2. The fourth-order valence-corrected chi connectivity index (χ4v) is 8.67. The lowest BCUT2D eigenvalue weighted by Crippen LogP contribution is -2.40. The number of benzene rings is 1. The van der Waals surface area contributed by atoms with Crippen molar-refractivity contribution in [3.05, 3.63) is 42.0 Å². The van der Waals surface area contributed by atoms with E-state index in [1.807, 2.05) is 19.1 Å². The summed E-state index contributed by atoms with van der Waals surface area (Å²) in [6, 6.07) is 6.60. The third kappa shape index (κ3) is 1.67. The maximum atomic E-state index is 15.3. The first-order valence-electron chi connectivity index (χ1n) is 9.07. The first-order chi connectivity index (χ1) is 11.7. The van der Waals surface area contributed by atoms with E-state index in [9.17, 15) is 8.42 Å². The Kier molecular flexibility index (Phi) is 3.39. The van der Waals surface area contributed by atoms with Crippen LogP contribution in [0.1, 0.15) is 38.7 Å². The zero-order valence-corrected chi connectivity index (χ0v) is 15.6. The summed E-state index contributed by atoms with van der Waals surface area (Å²) >= 11 is 0. The first kappa shape index (κ1) is 17.2. The van der Waals surface area contributed by atoms with E-state index in [0.717, 1.165) is 5.56 Å². The quantitative estimate of drug-likeness (QED) is 0.718. The van der Waals surface area contributed by atoms with Crippen LogP contribution in [0.2, 0.25) is 0 Å². The van der Waals surface area contributed by atoms with Gasteiger partial charge in [0.25, 0.3) is 5.92 Å². The zero-order valence-electron chi connectivity index (χ0n) is 14.8. The van der Waals surface area contributed by atoms with Gasteiger partial charge in [-0.2, -0.15) is 0 Å². The molecule has 0 amide bonds. The average molecular weight is 366 g/mol. The van der Waals surface area contributed by atoms with Gasteiger partial charge in [0.1, 0.15) is 0 Å². The van der Waals surface area contributed by atoms with Gasteiger partial charge in [0, 0.05) is 5.41 Å². The molecule has 4 rings (SSSR count). The SMILES string of the molecule is CCC1(CC)C(F)(F)[C@]12[C@H](S(=O)(=O)c1ccc(C)cc1)[C@@H]1C=C[C@H]2C1. The average Bonchev–Trinajstić information content (AvgIpc) is 2.99. The summed E-state index contributed by atoms with van der Waals surface area (Å²) in [5, 5.41) is -1.02. The molecule has 0 unspecified atom stereocenters. The third-order valence-corrected chi connectivity index (χ3v) is 9.60. The smallest absolute Gasteiger partial charge is 0.223 e. The molecular formula is C20H24F2O2S. The molecule has 2 fully saturated rings. The molecule has 2 saturated carbocycles. The first-order valence-corrected chi connectivity index (χ1v) is 10.6. The van der Waals surface area contributed by atoms with Gasteiger partial charge in [-0.05, 0) is 50.2 Å². The van der Waals surface area contributed by atoms with Crippen LogP contribution in [0, 0.1) is 29.6 Å². The molecule has 25 heavy (non-hydrogen) atoms. The predicted octanol–water partition coefficient (Wildman–Crippen LogP) is 4.78. The van der Waals surface area contributed by atoms with Gasteiger partial charge in [0.05, 0.1) is 15.6 Å². The van der Waals surface area contributed by atoms with Crippen LogP contribution in [0.4, 0.5) is 8.78 Å². The second kappa shape index (κ2) is 4.93. The lowest BCUT2D eigenvalue weighted by atomic mass is 9.79. The highest BCUT2D eigenvalue weighted by molar-refractivity contribution is 7.92. The van der Waals surface area contributed by atoms with Crippen molar-refractivity contribution in [2.45, 2.75) is 56.1 Å². The van der Waals surface area contributed by atoms with E-state index in [-0.39, 0.29) is 16.7 Å². The Labute approximate surface area is 148 Å². The van der Waals surface area contributed by atoms with Crippen LogP contribution in [-0.4, -0.2) is 19.6 Å². The van der Waals surface area contributed by atoms with Gasteiger partial charge in [-0.3, -0.25) is 0 Å². The molecule has 0 radical (unpaired) electrons. The van der Waals surface area contributed by atoms with Gasteiger partial charge in [0.2, 0.25) is 0 Å². The molecule has 0 N–H and O–H groups in total. The largest absolute Gasteiger partial charge is 0.262 e. The van der Waals surface area contributed by atoms with Crippen molar-refractivity contribution in [1.29, 1.82) is 0 Å². The highest BCUT2D eigenvalue weighted by Gasteiger charge is 2.96. The number of alkyl halides is 2. The maximum absolute atomic E-state index is 15.3. The number of fused-ring (bicyclic) bond motifs is 3. The molecule has 2 nitrogen and oxygen atoms in total. The van der Waals surface area contributed by atoms with Gasteiger partial charge in [-0.1, -0.05) is 43.7 Å². The van der Waals surface area contributed by atoms with Gasteiger partial charge in [-0.25, -0.2) is 17.2 Å². The highest BCUT2D eigenvalue weighted by Crippen LogP contribution is 2.87. The van der Waals surface area contributed by atoms with Crippen molar-refractivity contribution < 1.29 is 17.2 Å². The summed E-state index contributed by atoms with van der Waals surface area (Å²) in [5.74, 6) is -3.57. The molecule has 4 atom stereocenters.